The molecule has 0 radical (unpaired) electrons. The topological polar surface area (TPSA) is 50.4 Å². The predicted octanol–water partition coefficient (Wildman–Crippen LogP) is 7.90. The first-order chi connectivity index (χ1) is 15.8. The zero-order chi connectivity index (χ0) is 23.2. The van der Waals surface area contributed by atoms with Crippen molar-refractivity contribution in [3.05, 3.63) is 88.2 Å². The Morgan fingerprint density at radius 3 is 2.48 bits per heavy atom. The molecule has 0 spiro atoms. The quantitative estimate of drug-likeness (QED) is 0.271. The van der Waals surface area contributed by atoms with E-state index in [0.29, 0.717) is 5.02 Å². The van der Waals surface area contributed by atoms with Crippen molar-refractivity contribution in [2.45, 2.75) is 33.1 Å². The van der Waals surface area contributed by atoms with Crippen LogP contribution in [0.5, 0.6) is 0 Å². The van der Waals surface area contributed by atoms with Crippen LogP contribution in [-0.4, -0.2) is 4.98 Å². The highest BCUT2D eigenvalue weighted by molar-refractivity contribution is 7.22. The number of nitrogens with one attached hydrogen (secondary N) is 1. The van der Waals surface area contributed by atoms with Crippen LogP contribution in [0.4, 0.5) is 5.13 Å². The maximum atomic E-state index is 6.43. The number of hydrogen-bond acceptors (Lipinski definition) is 5. The summed E-state index contributed by atoms with van der Waals surface area (Å²) >= 11 is 8.00. The molecule has 0 saturated heterocycles. The van der Waals surface area contributed by atoms with Crippen LogP contribution in [0.2, 0.25) is 5.02 Å². The Balaban J connectivity index is 1.63. The van der Waals surface area contributed by atoms with Gasteiger partial charge in [0.15, 0.2) is 0 Å². The van der Waals surface area contributed by atoms with E-state index in [1.807, 2.05) is 43.3 Å². The molecule has 4 nitrogen and oxygen atoms in total. The lowest BCUT2D eigenvalue weighted by Gasteiger charge is -2.19. The van der Waals surface area contributed by atoms with E-state index < -0.39 is 0 Å². The molecule has 0 unspecified atom stereocenters. The standard InChI is InChI=1S/C27H24ClN3OS/c1-16-13-24-19(14-20(16)28)22(30-31-26-29-21-7-5-6-8-25(21)33-26)15-23(32-24)17-9-11-18(12-10-17)27(2,3)4/h5-15H,1-4H3,(H,29,31)/b30-22+. The molecule has 0 bridgehead atoms. The molecule has 3 aromatic carbocycles. The number of nitrogens with zero attached hydrogens (tertiary/aromatic N) is 2. The second-order valence-electron chi connectivity index (χ2n) is 9.13. The molecule has 0 atom stereocenters. The highest BCUT2D eigenvalue weighted by atomic mass is 35.5. The lowest BCUT2D eigenvalue weighted by molar-refractivity contribution is 0.589. The maximum Gasteiger partial charge on any atom is 0.204 e. The van der Waals surface area contributed by atoms with Crippen molar-refractivity contribution >= 4 is 49.3 Å². The summed E-state index contributed by atoms with van der Waals surface area (Å²) in [6.45, 7) is 8.59. The fourth-order valence-electron chi connectivity index (χ4n) is 3.69. The molecule has 0 saturated carbocycles. The third-order valence-corrected chi connectivity index (χ3v) is 6.97. The van der Waals surface area contributed by atoms with Crippen LogP contribution in [0.3, 0.4) is 0 Å². The van der Waals surface area contributed by atoms with Crippen LogP contribution in [-0.2, 0) is 5.41 Å². The Kier molecular flexibility index (Phi) is 5.47. The number of benzene rings is 3. The lowest BCUT2D eigenvalue weighted by Crippen LogP contribution is -2.10. The van der Waals surface area contributed by atoms with Crippen molar-refractivity contribution in [2.75, 3.05) is 5.43 Å². The van der Waals surface area contributed by atoms with Gasteiger partial charge in [-0.3, -0.25) is 5.43 Å². The summed E-state index contributed by atoms with van der Waals surface area (Å²) < 4.78 is 7.40. The summed E-state index contributed by atoms with van der Waals surface area (Å²) in [5.41, 5.74) is 8.14. The number of aromatic nitrogens is 1. The van der Waals surface area contributed by atoms with Crippen LogP contribution < -0.4 is 10.8 Å². The van der Waals surface area contributed by atoms with Crippen molar-refractivity contribution in [1.29, 1.82) is 0 Å². The van der Waals surface area contributed by atoms with Crippen LogP contribution in [0, 0.1) is 6.92 Å². The van der Waals surface area contributed by atoms with E-state index in [0.717, 1.165) is 48.6 Å². The first kappa shape index (κ1) is 21.7. The zero-order valence-corrected chi connectivity index (χ0v) is 20.5. The van der Waals surface area contributed by atoms with E-state index in [1.54, 1.807) is 11.3 Å². The fraction of sp³-hybridized carbons (Fsp3) is 0.185. The molecule has 2 heterocycles. The number of aryl methyl sites for hydroxylation is 1. The first-order valence-electron chi connectivity index (χ1n) is 10.8. The van der Waals surface area contributed by atoms with Gasteiger partial charge in [0.1, 0.15) is 11.3 Å². The predicted molar refractivity (Wildman–Crippen MR) is 139 cm³/mol. The second kappa shape index (κ2) is 8.32. The van der Waals surface area contributed by atoms with Gasteiger partial charge in [-0.2, -0.15) is 5.10 Å². The van der Waals surface area contributed by atoms with Gasteiger partial charge in [-0.25, -0.2) is 4.98 Å². The van der Waals surface area contributed by atoms with Gasteiger partial charge in [-0.05, 0) is 47.7 Å². The van der Waals surface area contributed by atoms with E-state index in [-0.39, 0.29) is 5.41 Å². The average molecular weight is 474 g/mol. The zero-order valence-electron chi connectivity index (χ0n) is 18.9. The third kappa shape index (κ3) is 4.39. The molecule has 0 fully saturated rings. The highest BCUT2D eigenvalue weighted by Crippen LogP contribution is 2.29. The monoisotopic (exact) mass is 473 g/mol. The average Bonchev–Trinajstić information content (AvgIpc) is 3.21. The summed E-state index contributed by atoms with van der Waals surface area (Å²) in [6.07, 6.45) is 0. The third-order valence-electron chi connectivity index (χ3n) is 5.63. The molecular weight excluding hydrogens is 450 g/mol. The van der Waals surface area contributed by atoms with E-state index in [4.69, 9.17) is 21.1 Å². The van der Waals surface area contributed by atoms with Crippen molar-refractivity contribution in [3.63, 3.8) is 0 Å². The van der Waals surface area contributed by atoms with Gasteiger partial charge in [0, 0.05) is 22.0 Å². The normalized spacial score (nSPS) is 12.6. The Hall–Kier alpha value is -3.15. The van der Waals surface area contributed by atoms with Crippen LogP contribution in [0.1, 0.15) is 31.9 Å². The van der Waals surface area contributed by atoms with E-state index in [2.05, 4.69) is 61.5 Å². The van der Waals surface area contributed by atoms with Gasteiger partial charge in [0.2, 0.25) is 5.13 Å². The summed E-state index contributed by atoms with van der Waals surface area (Å²) in [4.78, 5) is 4.62. The number of thiazole rings is 1. The summed E-state index contributed by atoms with van der Waals surface area (Å²) in [5, 5.41) is 7.69. The lowest BCUT2D eigenvalue weighted by atomic mass is 9.86. The van der Waals surface area contributed by atoms with Crippen molar-refractivity contribution in [2.24, 2.45) is 5.10 Å². The molecule has 5 aromatic rings. The van der Waals surface area contributed by atoms with Gasteiger partial charge >= 0.3 is 0 Å². The second-order valence-corrected chi connectivity index (χ2v) is 10.6. The van der Waals surface area contributed by atoms with Gasteiger partial charge < -0.3 is 4.42 Å². The molecule has 0 aliphatic heterocycles. The number of hydrogen-bond donors (Lipinski definition) is 1. The number of anilines is 1. The minimum atomic E-state index is 0.0918. The van der Waals surface area contributed by atoms with Gasteiger partial charge in [-0.1, -0.05) is 80.1 Å². The van der Waals surface area contributed by atoms with Crippen LogP contribution in [0.15, 0.2) is 76.2 Å². The number of halogens is 1. The molecule has 1 N–H and O–H groups in total. The van der Waals surface area contributed by atoms with Crippen molar-refractivity contribution < 1.29 is 4.42 Å². The molecule has 0 aliphatic rings. The van der Waals surface area contributed by atoms with Crippen LogP contribution >= 0.6 is 22.9 Å². The Labute approximate surface area is 201 Å². The molecule has 6 heteroatoms. The fourth-order valence-corrected chi connectivity index (χ4v) is 4.66. The Morgan fingerprint density at radius 1 is 1.00 bits per heavy atom. The molecule has 166 valence electrons. The first-order valence-corrected chi connectivity index (χ1v) is 12.0. The molecule has 2 aromatic heterocycles. The maximum absolute atomic E-state index is 6.43. The SMILES string of the molecule is Cc1cc2oc(-c3ccc(C(C)(C)C)cc3)c/c(=N\Nc3nc4ccccc4s3)c2cc1Cl. The van der Waals surface area contributed by atoms with Crippen LogP contribution in [0.25, 0.3) is 32.5 Å². The molecular formula is C27H24ClN3OS. The summed E-state index contributed by atoms with van der Waals surface area (Å²) in [6, 6.07) is 22.3. The van der Waals surface area contributed by atoms with Crippen molar-refractivity contribution in [1.82, 2.24) is 4.98 Å². The van der Waals surface area contributed by atoms with E-state index >= 15 is 0 Å². The van der Waals surface area contributed by atoms with Gasteiger partial charge in [0.05, 0.1) is 15.6 Å². The largest absolute Gasteiger partial charge is 0.456 e. The molecule has 0 aliphatic carbocycles. The molecule has 33 heavy (non-hydrogen) atoms. The highest BCUT2D eigenvalue weighted by Gasteiger charge is 2.14. The summed E-state index contributed by atoms with van der Waals surface area (Å²) in [7, 11) is 0. The van der Waals surface area contributed by atoms with E-state index in [9.17, 15) is 0 Å². The minimum Gasteiger partial charge on any atom is -0.456 e. The van der Waals surface area contributed by atoms with Crippen molar-refractivity contribution in [3.8, 4) is 11.3 Å². The van der Waals surface area contributed by atoms with Gasteiger partial charge in [0.25, 0.3) is 0 Å². The molecule has 5 rings (SSSR count). The molecule has 0 amide bonds. The Morgan fingerprint density at radius 2 is 1.76 bits per heavy atom. The minimum absolute atomic E-state index is 0.0918. The number of para-hydroxylation sites is 1. The summed E-state index contributed by atoms with van der Waals surface area (Å²) in [5.74, 6) is 0.745. The number of fused-ring (bicyclic) bond motifs is 2. The smallest absolute Gasteiger partial charge is 0.204 e. The number of rotatable bonds is 3. The van der Waals surface area contributed by atoms with E-state index in [1.165, 1.54) is 5.56 Å². The van der Waals surface area contributed by atoms with Gasteiger partial charge in [-0.15, -0.1) is 0 Å². The Bertz CT molecular complexity index is 1510.